The van der Waals surface area contributed by atoms with Crippen LogP contribution in [0, 0.1) is 0 Å². The zero-order valence-electron chi connectivity index (χ0n) is 7.68. The van der Waals surface area contributed by atoms with E-state index in [2.05, 4.69) is 0 Å². The van der Waals surface area contributed by atoms with Gasteiger partial charge < -0.3 is 5.73 Å². The van der Waals surface area contributed by atoms with Crippen LogP contribution in [0.3, 0.4) is 0 Å². The van der Waals surface area contributed by atoms with E-state index in [1.165, 1.54) is 12.1 Å². The summed E-state index contributed by atoms with van der Waals surface area (Å²) in [6.45, 7) is 0.332. The average Bonchev–Trinajstić information content (AvgIpc) is 2.12. The molecule has 0 aliphatic carbocycles. The highest BCUT2D eigenvalue weighted by Crippen LogP contribution is 2.35. The van der Waals surface area contributed by atoms with E-state index in [-0.39, 0.29) is 5.02 Å². The molecule has 0 aromatic heterocycles. The van der Waals surface area contributed by atoms with Gasteiger partial charge in [-0.2, -0.15) is 13.2 Å². The fourth-order valence-corrected chi connectivity index (χ4v) is 1.37. The standard InChI is InChI=1S/C10H9ClF3N/c11-9-6-7(2-1-5-15)3-4-8(9)10(12,13)14/h1-4,6H,5,15H2/b2-1+. The first-order valence-corrected chi connectivity index (χ1v) is 4.56. The van der Waals surface area contributed by atoms with E-state index < -0.39 is 11.7 Å². The van der Waals surface area contributed by atoms with Gasteiger partial charge in [-0.1, -0.05) is 29.8 Å². The Hall–Kier alpha value is -1.00. The lowest BCUT2D eigenvalue weighted by Crippen LogP contribution is -2.05. The van der Waals surface area contributed by atoms with Crippen LogP contribution in [0.1, 0.15) is 11.1 Å². The topological polar surface area (TPSA) is 26.0 Å². The molecule has 0 radical (unpaired) electrons. The van der Waals surface area contributed by atoms with Crippen LogP contribution in [0.2, 0.25) is 5.02 Å². The van der Waals surface area contributed by atoms with E-state index in [0.29, 0.717) is 12.1 Å². The van der Waals surface area contributed by atoms with Crippen molar-refractivity contribution in [2.75, 3.05) is 6.54 Å². The van der Waals surface area contributed by atoms with E-state index in [4.69, 9.17) is 17.3 Å². The van der Waals surface area contributed by atoms with Crippen LogP contribution in [0.4, 0.5) is 13.2 Å². The fraction of sp³-hybridized carbons (Fsp3) is 0.200. The molecule has 0 aliphatic rings. The quantitative estimate of drug-likeness (QED) is 0.836. The normalized spacial score (nSPS) is 12.3. The largest absolute Gasteiger partial charge is 0.417 e. The molecule has 1 rings (SSSR count). The Morgan fingerprint density at radius 3 is 2.47 bits per heavy atom. The Kier molecular flexibility index (Phi) is 3.77. The molecule has 0 heterocycles. The smallest absolute Gasteiger partial charge is 0.327 e. The molecule has 82 valence electrons. The minimum absolute atomic E-state index is 0.304. The second-order valence-corrected chi connectivity index (χ2v) is 3.28. The van der Waals surface area contributed by atoms with Gasteiger partial charge in [-0.3, -0.25) is 0 Å². The third kappa shape index (κ3) is 3.25. The summed E-state index contributed by atoms with van der Waals surface area (Å²) in [6, 6.07) is 3.57. The molecule has 0 bridgehead atoms. The van der Waals surface area contributed by atoms with Crippen LogP contribution < -0.4 is 5.73 Å². The number of benzene rings is 1. The molecule has 0 amide bonds. The van der Waals surface area contributed by atoms with Crippen molar-refractivity contribution in [2.45, 2.75) is 6.18 Å². The van der Waals surface area contributed by atoms with Gasteiger partial charge in [0.1, 0.15) is 0 Å². The van der Waals surface area contributed by atoms with Crippen LogP contribution in [-0.2, 0) is 6.18 Å². The molecule has 1 nitrogen and oxygen atoms in total. The molecule has 15 heavy (non-hydrogen) atoms. The predicted octanol–water partition coefficient (Wildman–Crippen LogP) is 3.33. The molecule has 0 unspecified atom stereocenters. The molecule has 5 heteroatoms. The maximum absolute atomic E-state index is 12.3. The summed E-state index contributed by atoms with van der Waals surface area (Å²) in [5, 5.41) is -0.304. The summed E-state index contributed by atoms with van der Waals surface area (Å²) < 4.78 is 36.9. The van der Waals surface area contributed by atoms with Gasteiger partial charge in [0.2, 0.25) is 0 Å². The molecule has 0 spiro atoms. The molecule has 0 saturated heterocycles. The average molecular weight is 236 g/mol. The monoisotopic (exact) mass is 235 g/mol. The van der Waals surface area contributed by atoms with Crippen molar-refractivity contribution in [3.05, 3.63) is 40.4 Å². The molecule has 0 aliphatic heterocycles. The molecule has 1 aromatic rings. The molecule has 0 atom stereocenters. The first kappa shape index (κ1) is 12.1. The Morgan fingerprint density at radius 1 is 1.33 bits per heavy atom. The lowest BCUT2D eigenvalue weighted by atomic mass is 10.1. The summed E-state index contributed by atoms with van der Waals surface area (Å²) in [7, 11) is 0. The second-order valence-electron chi connectivity index (χ2n) is 2.88. The summed E-state index contributed by atoms with van der Waals surface area (Å²) in [4.78, 5) is 0. The molecular weight excluding hydrogens is 227 g/mol. The van der Waals surface area contributed by atoms with Crippen LogP contribution in [0.25, 0.3) is 6.08 Å². The Labute approximate surface area is 90.3 Å². The number of alkyl halides is 3. The number of hydrogen-bond acceptors (Lipinski definition) is 1. The zero-order chi connectivity index (χ0) is 11.5. The van der Waals surface area contributed by atoms with Crippen molar-refractivity contribution in [1.29, 1.82) is 0 Å². The van der Waals surface area contributed by atoms with Gasteiger partial charge in [0, 0.05) is 6.54 Å². The zero-order valence-corrected chi connectivity index (χ0v) is 8.44. The van der Waals surface area contributed by atoms with Crippen molar-refractivity contribution in [3.8, 4) is 0 Å². The van der Waals surface area contributed by atoms with E-state index in [1.807, 2.05) is 0 Å². The predicted molar refractivity (Wildman–Crippen MR) is 54.5 cm³/mol. The van der Waals surface area contributed by atoms with Crippen molar-refractivity contribution >= 4 is 17.7 Å². The van der Waals surface area contributed by atoms with Crippen LogP contribution in [0.5, 0.6) is 0 Å². The van der Waals surface area contributed by atoms with E-state index in [0.717, 1.165) is 6.07 Å². The van der Waals surface area contributed by atoms with Crippen molar-refractivity contribution in [3.63, 3.8) is 0 Å². The van der Waals surface area contributed by atoms with E-state index in [9.17, 15) is 13.2 Å². The summed E-state index contributed by atoms with van der Waals surface area (Å²) in [5.41, 5.74) is 4.98. The SMILES string of the molecule is NC/C=C/c1ccc(C(F)(F)F)c(Cl)c1. The Bertz CT molecular complexity index is 371. The number of halogens is 4. The maximum Gasteiger partial charge on any atom is 0.417 e. The van der Waals surface area contributed by atoms with Gasteiger partial charge in [-0.15, -0.1) is 0 Å². The number of hydrogen-bond donors (Lipinski definition) is 1. The fourth-order valence-electron chi connectivity index (χ4n) is 1.07. The highest BCUT2D eigenvalue weighted by molar-refractivity contribution is 6.31. The van der Waals surface area contributed by atoms with Crippen molar-refractivity contribution < 1.29 is 13.2 Å². The summed E-state index contributed by atoms with van der Waals surface area (Å²) >= 11 is 5.51. The molecule has 1 aromatic carbocycles. The van der Waals surface area contributed by atoms with Gasteiger partial charge in [-0.05, 0) is 17.7 Å². The minimum Gasteiger partial charge on any atom is -0.327 e. The highest BCUT2D eigenvalue weighted by atomic mass is 35.5. The Morgan fingerprint density at radius 2 is 2.00 bits per heavy atom. The first-order valence-electron chi connectivity index (χ1n) is 4.18. The Balaban J connectivity index is 3.04. The highest BCUT2D eigenvalue weighted by Gasteiger charge is 2.32. The number of rotatable bonds is 2. The first-order chi connectivity index (χ1) is 6.95. The third-order valence-electron chi connectivity index (χ3n) is 1.74. The lowest BCUT2D eigenvalue weighted by molar-refractivity contribution is -0.137. The van der Waals surface area contributed by atoms with Gasteiger partial charge in [0.15, 0.2) is 0 Å². The lowest BCUT2D eigenvalue weighted by Gasteiger charge is -2.08. The molecule has 2 N–H and O–H groups in total. The van der Waals surface area contributed by atoms with Crippen LogP contribution in [-0.4, -0.2) is 6.54 Å². The van der Waals surface area contributed by atoms with Crippen molar-refractivity contribution in [2.24, 2.45) is 5.73 Å². The number of nitrogens with two attached hydrogens (primary N) is 1. The van der Waals surface area contributed by atoms with Gasteiger partial charge in [-0.25, -0.2) is 0 Å². The second kappa shape index (κ2) is 4.68. The third-order valence-corrected chi connectivity index (χ3v) is 2.06. The maximum atomic E-state index is 12.3. The van der Waals surface area contributed by atoms with Gasteiger partial charge >= 0.3 is 6.18 Å². The molecular formula is C10H9ClF3N. The molecule has 0 fully saturated rings. The van der Waals surface area contributed by atoms with Gasteiger partial charge in [0.05, 0.1) is 10.6 Å². The van der Waals surface area contributed by atoms with Crippen LogP contribution in [0.15, 0.2) is 24.3 Å². The van der Waals surface area contributed by atoms with Crippen molar-refractivity contribution in [1.82, 2.24) is 0 Å². The summed E-state index contributed by atoms with van der Waals surface area (Å²) in [5.74, 6) is 0. The van der Waals surface area contributed by atoms with E-state index in [1.54, 1.807) is 12.2 Å². The van der Waals surface area contributed by atoms with Gasteiger partial charge in [0.25, 0.3) is 0 Å². The summed E-state index contributed by atoms with van der Waals surface area (Å²) in [6.07, 6.45) is -1.15. The van der Waals surface area contributed by atoms with Crippen LogP contribution >= 0.6 is 11.6 Å². The van der Waals surface area contributed by atoms with E-state index >= 15 is 0 Å². The molecule has 0 saturated carbocycles. The minimum atomic E-state index is -4.41.